The smallest absolute Gasteiger partial charge is 0.253 e. The highest BCUT2D eigenvalue weighted by Gasteiger charge is 2.22. The Labute approximate surface area is 136 Å². The van der Waals surface area contributed by atoms with Crippen LogP contribution in [-0.4, -0.2) is 53.2 Å². The van der Waals surface area contributed by atoms with Gasteiger partial charge in [-0.2, -0.15) is 0 Å². The second-order valence-electron chi connectivity index (χ2n) is 5.74. The molecule has 5 nitrogen and oxygen atoms in total. The Hall–Kier alpha value is -1.17. The van der Waals surface area contributed by atoms with Gasteiger partial charge in [0.05, 0.1) is 17.9 Å². The Morgan fingerprint density at radius 1 is 1.50 bits per heavy atom. The number of pyridine rings is 1. The van der Waals surface area contributed by atoms with Crippen LogP contribution in [0.25, 0.3) is 0 Å². The first-order valence-corrected chi connectivity index (χ1v) is 8.26. The van der Waals surface area contributed by atoms with E-state index in [2.05, 4.69) is 15.2 Å². The van der Waals surface area contributed by atoms with Gasteiger partial charge in [0.1, 0.15) is 5.15 Å². The maximum absolute atomic E-state index is 12.1. The van der Waals surface area contributed by atoms with Gasteiger partial charge in [-0.05, 0) is 57.8 Å². The third kappa shape index (κ3) is 4.66. The number of aryl methyl sites for hydroxylation is 1. The van der Waals surface area contributed by atoms with Gasteiger partial charge in [-0.25, -0.2) is 4.98 Å². The molecule has 0 aliphatic carbocycles. The zero-order chi connectivity index (χ0) is 15.9. The average Bonchev–Trinajstić information content (AvgIpc) is 2.94. The normalized spacial score (nSPS) is 18.6. The van der Waals surface area contributed by atoms with Gasteiger partial charge in [-0.3, -0.25) is 9.69 Å². The van der Waals surface area contributed by atoms with E-state index in [0.717, 1.165) is 32.4 Å². The number of nitrogens with zero attached hydrogens (tertiary/aromatic N) is 2. The van der Waals surface area contributed by atoms with E-state index in [9.17, 15) is 9.90 Å². The third-order valence-electron chi connectivity index (χ3n) is 4.16. The van der Waals surface area contributed by atoms with E-state index in [4.69, 9.17) is 11.6 Å². The van der Waals surface area contributed by atoms with Crippen molar-refractivity contribution in [2.45, 2.75) is 38.6 Å². The van der Waals surface area contributed by atoms with Gasteiger partial charge in [0, 0.05) is 12.6 Å². The van der Waals surface area contributed by atoms with Crippen molar-refractivity contribution in [1.29, 1.82) is 0 Å². The van der Waals surface area contributed by atoms with E-state index in [0.29, 0.717) is 29.0 Å². The number of likely N-dealkylation sites (tertiary alicyclic amines) is 1. The SMILES string of the molecule is Cc1nc(Cl)ccc1C(=O)NCCCCN1CCCC1CO. The van der Waals surface area contributed by atoms with Crippen molar-refractivity contribution < 1.29 is 9.90 Å². The fourth-order valence-electron chi connectivity index (χ4n) is 2.90. The number of nitrogens with one attached hydrogen (secondary N) is 1. The predicted molar refractivity (Wildman–Crippen MR) is 87.2 cm³/mol. The number of amides is 1. The van der Waals surface area contributed by atoms with Crippen LogP contribution in [0, 0.1) is 6.92 Å². The summed E-state index contributed by atoms with van der Waals surface area (Å²) in [5.41, 5.74) is 1.22. The highest BCUT2D eigenvalue weighted by Crippen LogP contribution is 2.17. The van der Waals surface area contributed by atoms with E-state index >= 15 is 0 Å². The highest BCUT2D eigenvalue weighted by molar-refractivity contribution is 6.29. The van der Waals surface area contributed by atoms with Crippen LogP contribution < -0.4 is 5.32 Å². The minimum Gasteiger partial charge on any atom is -0.395 e. The molecule has 6 heteroatoms. The zero-order valence-corrected chi connectivity index (χ0v) is 13.8. The van der Waals surface area contributed by atoms with Gasteiger partial charge < -0.3 is 10.4 Å². The minimum absolute atomic E-state index is 0.101. The first kappa shape index (κ1) is 17.2. The van der Waals surface area contributed by atoms with Crippen LogP contribution in [0.4, 0.5) is 0 Å². The molecular weight excluding hydrogens is 302 g/mol. The average molecular weight is 326 g/mol. The van der Waals surface area contributed by atoms with Crippen LogP contribution in [0.5, 0.6) is 0 Å². The molecule has 0 saturated carbocycles. The summed E-state index contributed by atoms with van der Waals surface area (Å²) in [7, 11) is 0. The molecule has 0 aromatic carbocycles. The number of halogens is 1. The summed E-state index contributed by atoms with van der Waals surface area (Å²) in [4.78, 5) is 18.5. The Balaban J connectivity index is 1.67. The molecule has 1 aliphatic rings. The molecule has 0 radical (unpaired) electrons. The molecule has 1 amide bonds. The van der Waals surface area contributed by atoms with Gasteiger partial charge in [0.25, 0.3) is 5.91 Å². The van der Waals surface area contributed by atoms with Crippen molar-refractivity contribution in [2.75, 3.05) is 26.2 Å². The lowest BCUT2D eigenvalue weighted by atomic mass is 10.2. The monoisotopic (exact) mass is 325 g/mol. The Morgan fingerprint density at radius 2 is 2.32 bits per heavy atom. The molecule has 0 bridgehead atoms. The van der Waals surface area contributed by atoms with E-state index in [1.54, 1.807) is 19.1 Å². The molecule has 1 fully saturated rings. The first-order chi connectivity index (χ1) is 10.6. The third-order valence-corrected chi connectivity index (χ3v) is 4.37. The highest BCUT2D eigenvalue weighted by atomic mass is 35.5. The van der Waals surface area contributed by atoms with Crippen LogP contribution in [0.1, 0.15) is 41.7 Å². The van der Waals surface area contributed by atoms with Crippen molar-refractivity contribution in [3.05, 3.63) is 28.5 Å². The molecule has 1 unspecified atom stereocenters. The number of hydrogen-bond donors (Lipinski definition) is 2. The molecule has 22 heavy (non-hydrogen) atoms. The molecule has 2 rings (SSSR count). The summed E-state index contributed by atoms with van der Waals surface area (Å²) in [5, 5.41) is 12.6. The lowest BCUT2D eigenvalue weighted by molar-refractivity contribution is 0.0951. The van der Waals surface area contributed by atoms with Crippen molar-refractivity contribution in [3.63, 3.8) is 0 Å². The summed E-state index contributed by atoms with van der Waals surface area (Å²) in [6, 6.07) is 3.67. The first-order valence-electron chi connectivity index (χ1n) is 7.88. The largest absolute Gasteiger partial charge is 0.395 e. The summed E-state index contributed by atoms with van der Waals surface area (Å²) >= 11 is 5.79. The topological polar surface area (TPSA) is 65.5 Å². The molecule has 122 valence electrons. The fraction of sp³-hybridized carbons (Fsp3) is 0.625. The molecule has 2 heterocycles. The van der Waals surface area contributed by atoms with Gasteiger partial charge >= 0.3 is 0 Å². The number of aromatic nitrogens is 1. The second kappa shape index (κ2) is 8.46. The predicted octanol–water partition coefficient (Wildman–Crippen LogP) is 2.01. The fourth-order valence-corrected chi connectivity index (χ4v) is 3.09. The standard InChI is InChI=1S/C16H24ClN3O2/c1-12-14(6-7-15(17)19-12)16(22)18-8-2-3-9-20-10-4-5-13(20)11-21/h6-7,13,21H,2-5,8-11H2,1H3,(H,18,22). The number of hydrogen-bond acceptors (Lipinski definition) is 4. The number of rotatable bonds is 7. The zero-order valence-electron chi connectivity index (χ0n) is 13.0. The molecule has 2 N–H and O–H groups in total. The quantitative estimate of drug-likeness (QED) is 0.594. The van der Waals surface area contributed by atoms with Crippen LogP contribution >= 0.6 is 11.6 Å². The van der Waals surface area contributed by atoms with Crippen LogP contribution in [0.15, 0.2) is 12.1 Å². The summed E-state index contributed by atoms with van der Waals surface area (Å²) in [5.74, 6) is -0.101. The number of aliphatic hydroxyl groups excluding tert-OH is 1. The van der Waals surface area contributed by atoms with Crippen molar-refractivity contribution >= 4 is 17.5 Å². The number of unbranched alkanes of at least 4 members (excludes halogenated alkanes) is 1. The van der Waals surface area contributed by atoms with Gasteiger partial charge in [-0.1, -0.05) is 11.6 Å². The molecule has 1 aromatic heterocycles. The van der Waals surface area contributed by atoms with Gasteiger partial charge in [0.2, 0.25) is 0 Å². The van der Waals surface area contributed by atoms with Gasteiger partial charge in [0.15, 0.2) is 0 Å². The molecule has 1 atom stereocenters. The van der Waals surface area contributed by atoms with Gasteiger partial charge in [-0.15, -0.1) is 0 Å². The number of carbonyl (C=O) groups excluding carboxylic acids is 1. The number of aliphatic hydroxyl groups is 1. The van der Waals surface area contributed by atoms with E-state index in [1.165, 1.54) is 6.42 Å². The van der Waals surface area contributed by atoms with Crippen LogP contribution in [-0.2, 0) is 0 Å². The van der Waals surface area contributed by atoms with Crippen LogP contribution in [0.2, 0.25) is 5.15 Å². The Kier molecular flexibility index (Phi) is 6.61. The minimum atomic E-state index is -0.101. The maximum Gasteiger partial charge on any atom is 0.253 e. The maximum atomic E-state index is 12.1. The van der Waals surface area contributed by atoms with E-state index in [1.807, 2.05) is 0 Å². The lowest BCUT2D eigenvalue weighted by Gasteiger charge is -2.22. The molecule has 0 spiro atoms. The molecular formula is C16H24ClN3O2. The lowest BCUT2D eigenvalue weighted by Crippen LogP contribution is -2.33. The Morgan fingerprint density at radius 3 is 3.05 bits per heavy atom. The second-order valence-corrected chi connectivity index (χ2v) is 6.13. The Bertz CT molecular complexity index is 510. The number of carbonyl (C=O) groups is 1. The molecule has 1 aliphatic heterocycles. The van der Waals surface area contributed by atoms with E-state index in [-0.39, 0.29) is 12.5 Å². The summed E-state index contributed by atoms with van der Waals surface area (Å²) < 4.78 is 0. The molecule has 1 saturated heterocycles. The summed E-state index contributed by atoms with van der Waals surface area (Å²) in [6.07, 6.45) is 4.22. The van der Waals surface area contributed by atoms with Crippen molar-refractivity contribution in [2.24, 2.45) is 0 Å². The van der Waals surface area contributed by atoms with Crippen LogP contribution in [0.3, 0.4) is 0 Å². The van der Waals surface area contributed by atoms with E-state index < -0.39 is 0 Å². The molecule has 1 aromatic rings. The summed E-state index contributed by atoms with van der Waals surface area (Å²) in [6.45, 7) is 4.75. The van der Waals surface area contributed by atoms with Crippen molar-refractivity contribution in [1.82, 2.24) is 15.2 Å². The van der Waals surface area contributed by atoms with Crippen molar-refractivity contribution in [3.8, 4) is 0 Å².